The van der Waals surface area contributed by atoms with Gasteiger partial charge in [-0.2, -0.15) is 5.10 Å². The molecular formula is C17H24N4. The first-order chi connectivity index (χ1) is 10.2. The van der Waals surface area contributed by atoms with Crippen LogP contribution >= 0.6 is 0 Å². The Labute approximate surface area is 126 Å². The van der Waals surface area contributed by atoms with Gasteiger partial charge >= 0.3 is 0 Å². The lowest BCUT2D eigenvalue weighted by Gasteiger charge is -2.37. The summed E-state index contributed by atoms with van der Waals surface area (Å²) in [5.41, 5.74) is 3.00. The molecule has 4 nitrogen and oxygen atoms in total. The molecule has 3 rings (SSSR count). The molecule has 0 saturated heterocycles. The molecule has 2 atom stereocenters. The number of hydrogen-bond acceptors (Lipinski definition) is 3. The fourth-order valence-corrected chi connectivity index (χ4v) is 3.32. The number of benzene rings is 1. The number of nitrogens with zero attached hydrogens (tertiary/aromatic N) is 3. The van der Waals surface area contributed by atoms with Crippen LogP contribution in [0.5, 0.6) is 0 Å². The predicted molar refractivity (Wildman–Crippen MR) is 84.5 cm³/mol. The van der Waals surface area contributed by atoms with Crippen molar-refractivity contribution in [3.63, 3.8) is 0 Å². The van der Waals surface area contributed by atoms with E-state index in [4.69, 9.17) is 0 Å². The molecule has 0 amide bonds. The van der Waals surface area contributed by atoms with Crippen LogP contribution in [0, 0.1) is 0 Å². The van der Waals surface area contributed by atoms with Gasteiger partial charge in [0.25, 0.3) is 0 Å². The van der Waals surface area contributed by atoms with Crippen molar-refractivity contribution in [3.8, 4) is 0 Å². The van der Waals surface area contributed by atoms with Gasteiger partial charge in [0.15, 0.2) is 0 Å². The second kappa shape index (κ2) is 5.98. The van der Waals surface area contributed by atoms with E-state index in [1.807, 2.05) is 4.68 Å². The minimum Gasteiger partial charge on any atom is -0.313 e. The average molecular weight is 284 g/mol. The molecule has 2 unspecified atom stereocenters. The molecule has 0 saturated carbocycles. The van der Waals surface area contributed by atoms with Crippen molar-refractivity contribution in [2.45, 2.75) is 51.6 Å². The number of likely N-dealkylation sites (N-methyl/N-ethyl adjacent to an activating group) is 1. The lowest BCUT2D eigenvalue weighted by atomic mass is 9.72. The zero-order valence-corrected chi connectivity index (χ0v) is 13.1. The first-order valence-electron chi connectivity index (χ1n) is 7.90. The van der Waals surface area contributed by atoms with Crippen molar-refractivity contribution in [1.82, 2.24) is 20.1 Å². The molecule has 1 heterocycles. The highest BCUT2D eigenvalue weighted by Gasteiger charge is 2.33. The van der Waals surface area contributed by atoms with Crippen molar-refractivity contribution in [2.75, 3.05) is 6.54 Å². The molecular weight excluding hydrogens is 260 g/mol. The molecule has 0 aliphatic heterocycles. The van der Waals surface area contributed by atoms with Gasteiger partial charge in [-0.05, 0) is 37.9 Å². The van der Waals surface area contributed by atoms with E-state index < -0.39 is 0 Å². The van der Waals surface area contributed by atoms with Gasteiger partial charge in [-0.1, -0.05) is 31.2 Å². The van der Waals surface area contributed by atoms with E-state index in [9.17, 15) is 0 Å². The lowest BCUT2D eigenvalue weighted by molar-refractivity contribution is 0.385. The largest absolute Gasteiger partial charge is 0.313 e. The Morgan fingerprint density at radius 3 is 2.86 bits per heavy atom. The summed E-state index contributed by atoms with van der Waals surface area (Å²) in [6, 6.07) is 9.58. The molecule has 1 aromatic heterocycles. The van der Waals surface area contributed by atoms with Gasteiger partial charge in [0.2, 0.25) is 0 Å². The van der Waals surface area contributed by atoms with E-state index in [-0.39, 0.29) is 0 Å². The average Bonchev–Trinajstić information content (AvgIpc) is 2.89. The van der Waals surface area contributed by atoms with Crippen LogP contribution in [-0.4, -0.2) is 27.4 Å². The van der Waals surface area contributed by atoms with Gasteiger partial charge in [0, 0.05) is 24.4 Å². The van der Waals surface area contributed by atoms with Gasteiger partial charge in [0.1, 0.15) is 12.2 Å². The Morgan fingerprint density at radius 2 is 2.14 bits per heavy atom. The van der Waals surface area contributed by atoms with Crippen LogP contribution in [-0.2, 0) is 12.8 Å². The van der Waals surface area contributed by atoms with Crippen LogP contribution in [0.15, 0.2) is 30.6 Å². The second-order valence-electron chi connectivity index (χ2n) is 6.09. The first-order valence-corrected chi connectivity index (χ1v) is 7.90. The Morgan fingerprint density at radius 1 is 1.33 bits per heavy atom. The normalized spacial score (nSPS) is 18.4. The van der Waals surface area contributed by atoms with Crippen molar-refractivity contribution >= 4 is 0 Å². The van der Waals surface area contributed by atoms with Crippen molar-refractivity contribution in [2.24, 2.45) is 0 Å². The Kier molecular flexibility index (Phi) is 4.06. The molecule has 21 heavy (non-hydrogen) atoms. The molecule has 1 aliphatic rings. The van der Waals surface area contributed by atoms with E-state index in [1.165, 1.54) is 17.5 Å². The number of hydrogen-bond donors (Lipinski definition) is 1. The predicted octanol–water partition coefficient (Wildman–Crippen LogP) is 2.72. The minimum atomic E-state index is 0.360. The lowest BCUT2D eigenvalue weighted by Crippen LogP contribution is -2.42. The summed E-state index contributed by atoms with van der Waals surface area (Å²) in [5.74, 6) is 1.68. The fourth-order valence-electron chi connectivity index (χ4n) is 3.32. The molecule has 0 radical (unpaired) electrons. The summed E-state index contributed by atoms with van der Waals surface area (Å²) in [6.07, 6.45) is 3.78. The van der Waals surface area contributed by atoms with Gasteiger partial charge in [-0.15, -0.1) is 0 Å². The van der Waals surface area contributed by atoms with E-state index in [2.05, 4.69) is 60.4 Å². The topological polar surface area (TPSA) is 42.7 Å². The van der Waals surface area contributed by atoms with Crippen LogP contribution in [0.4, 0.5) is 0 Å². The molecule has 2 aromatic rings. The first kappa shape index (κ1) is 14.3. The maximum atomic E-state index is 4.47. The number of rotatable bonds is 6. The van der Waals surface area contributed by atoms with Gasteiger partial charge < -0.3 is 5.32 Å². The van der Waals surface area contributed by atoms with Crippen LogP contribution in [0.2, 0.25) is 0 Å². The summed E-state index contributed by atoms with van der Waals surface area (Å²) in [7, 11) is 0. The van der Waals surface area contributed by atoms with Crippen LogP contribution in [0.1, 0.15) is 49.7 Å². The Balaban J connectivity index is 1.79. The molecule has 0 spiro atoms. The Hall–Kier alpha value is -1.68. The minimum absolute atomic E-state index is 0.360. The highest BCUT2D eigenvalue weighted by Crippen LogP contribution is 2.38. The zero-order chi connectivity index (χ0) is 14.8. The smallest absolute Gasteiger partial charge is 0.138 e. The third kappa shape index (κ3) is 2.72. The van der Waals surface area contributed by atoms with E-state index >= 15 is 0 Å². The third-order valence-electron chi connectivity index (χ3n) is 4.39. The van der Waals surface area contributed by atoms with Gasteiger partial charge in [-0.3, -0.25) is 0 Å². The van der Waals surface area contributed by atoms with E-state index in [0.717, 1.165) is 18.8 Å². The quantitative estimate of drug-likeness (QED) is 0.887. The molecule has 1 aliphatic carbocycles. The van der Waals surface area contributed by atoms with Crippen molar-refractivity contribution in [3.05, 3.63) is 47.5 Å². The molecule has 4 heteroatoms. The summed E-state index contributed by atoms with van der Waals surface area (Å²) in [4.78, 5) is 4.47. The van der Waals surface area contributed by atoms with Crippen molar-refractivity contribution in [1.29, 1.82) is 0 Å². The second-order valence-corrected chi connectivity index (χ2v) is 6.09. The van der Waals surface area contributed by atoms with Crippen molar-refractivity contribution < 1.29 is 0 Å². The molecule has 1 N–H and O–H groups in total. The molecule has 1 aromatic carbocycles. The summed E-state index contributed by atoms with van der Waals surface area (Å²) in [5, 5.41) is 8.00. The summed E-state index contributed by atoms with van der Waals surface area (Å²) >= 11 is 0. The maximum Gasteiger partial charge on any atom is 0.138 e. The third-order valence-corrected chi connectivity index (χ3v) is 4.39. The van der Waals surface area contributed by atoms with Crippen LogP contribution in [0.3, 0.4) is 0 Å². The van der Waals surface area contributed by atoms with Crippen LogP contribution in [0.25, 0.3) is 0 Å². The Bertz CT molecular complexity index is 602. The number of fused-ring (bicyclic) bond motifs is 1. The van der Waals surface area contributed by atoms with Gasteiger partial charge in [0.05, 0.1) is 0 Å². The maximum absolute atomic E-state index is 4.47. The molecule has 0 bridgehead atoms. The highest BCUT2D eigenvalue weighted by atomic mass is 15.3. The zero-order valence-electron chi connectivity index (χ0n) is 13.1. The summed E-state index contributed by atoms with van der Waals surface area (Å²) < 4.78 is 2.04. The standard InChI is InChI=1S/C17H24N4/c1-4-18-16(10-17-19-11-20-21(17)12(2)3)15-9-13-7-5-6-8-14(13)15/h5-8,11-12,15-16,18H,4,9-10H2,1-3H3. The van der Waals surface area contributed by atoms with Crippen LogP contribution < -0.4 is 5.32 Å². The fraction of sp³-hybridized carbons (Fsp3) is 0.529. The SMILES string of the molecule is CCNC(Cc1ncnn1C(C)C)C1Cc2ccccc21. The van der Waals surface area contributed by atoms with Gasteiger partial charge in [-0.25, -0.2) is 9.67 Å². The highest BCUT2D eigenvalue weighted by molar-refractivity contribution is 5.41. The number of aromatic nitrogens is 3. The number of nitrogens with one attached hydrogen (secondary N) is 1. The van der Waals surface area contributed by atoms with E-state index in [1.54, 1.807) is 6.33 Å². The summed E-state index contributed by atoms with van der Waals surface area (Å²) in [6.45, 7) is 7.46. The monoisotopic (exact) mass is 284 g/mol. The molecule has 0 fully saturated rings. The van der Waals surface area contributed by atoms with E-state index in [0.29, 0.717) is 18.0 Å². The molecule has 112 valence electrons.